The van der Waals surface area contributed by atoms with Gasteiger partial charge in [-0.05, 0) is 64.2 Å². The van der Waals surface area contributed by atoms with Crippen LogP contribution in [0.4, 0.5) is 0 Å². The predicted octanol–water partition coefficient (Wildman–Crippen LogP) is 5.74. The van der Waals surface area contributed by atoms with Crippen molar-refractivity contribution in [2.24, 2.45) is 0 Å². The van der Waals surface area contributed by atoms with Crippen LogP contribution in [0, 0.1) is 0 Å². The van der Waals surface area contributed by atoms with Crippen molar-refractivity contribution in [1.29, 1.82) is 0 Å². The third kappa shape index (κ3) is 11.4. The summed E-state index contributed by atoms with van der Waals surface area (Å²) in [7, 11) is 1.44. The van der Waals surface area contributed by atoms with E-state index in [9.17, 15) is 4.79 Å². The van der Waals surface area contributed by atoms with E-state index >= 15 is 0 Å². The van der Waals surface area contributed by atoms with Crippen molar-refractivity contribution in [3.63, 3.8) is 0 Å². The fraction of sp³-hybridized carbons (Fsp3) is 0.762. The van der Waals surface area contributed by atoms with Crippen molar-refractivity contribution >= 4 is 5.97 Å². The molecule has 1 fully saturated rings. The summed E-state index contributed by atoms with van der Waals surface area (Å²) in [5.41, 5.74) is 0. The van der Waals surface area contributed by atoms with Gasteiger partial charge < -0.3 is 9.47 Å². The molecule has 1 aliphatic heterocycles. The molecule has 1 rings (SSSR count). The van der Waals surface area contributed by atoms with E-state index < -0.39 is 0 Å². The predicted molar refractivity (Wildman–Crippen MR) is 100 cm³/mol. The number of hydrogen-bond acceptors (Lipinski definition) is 3. The van der Waals surface area contributed by atoms with E-state index in [1.807, 2.05) is 0 Å². The van der Waals surface area contributed by atoms with E-state index in [1.54, 1.807) is 0 Å². The number of rotatable bonds is 15. The largest absolute Gasteiger partial charge is 0.469 e. The Morgan fingerprint density at radius 3 is 1.92 bits per heavy atom. The molecule has 0 N–H and O–H groups in total. The maximum absolute atomic E-state index is 10.9. The summed E-state index contributed by atoms with van der Waals surface area (Å²) >= 11 is 0. The van der Waals surface area contributed by atoms with Gasteiger partial charge in [0.05, 0.1) is 19.3 Å². The maximum Gasteiger partial charge on any atom is 0.305 e. The van der Waals surface area contributed by atoms with Crippen LogP contribution >= 0.6 is 0 Å². The van der Waals surface area contributed by atoms with E-state index in [4.69, 9.17) is 4.74 Å². The molecule has 0 bridgehead atoms. The molecule has 1 aliphatic rings. The highest BCUT2D eigenvalue weighted by molar-refractivity contribution is 5.68. The highest BCUT2D eigenvalue weighted by Gasteiger charge is 2.35. The number of methoxy groups -OCH3 is 1. The van der Waals surface area contributed by atoms with Gasteiger partial charge in [0.1, 0.15) is 0 Å². The SMILES string of the molecule is CC[C@H]1O[C@H]1CCCC/C=C\CCCC/C=C\CCCC(=O)OC. The molecular weight excluding hydrogens is 300 g/mol. The fourth-order valence-corrected chi connectivity index (χ4v) is 2.86. The lowest BCUT2D eigenvalue weighted by molar-refractivity contribution is -0.140. The van der Waals surface area contributed by atoms with Crippen LogP contribution in [0.15, 0.2) is 24.3 Å². The minimum absolute atomic E-state index is 0.110. The van der Waals surface area contributed by atoms with E-state index in [1.165, 1.54) is 58.5 Å². The summed E-state index contributed by atoms with van der Waals surface area (Å²) < 4.78 is 10.2. The molecule has 0 spiro atoms. The summed E-state index contributed by atoms with van der Waals surface area (Å²) in [6.07, 6.45) is 23.7. The van der Waals surface area contributed by atoms with Gasteiger partial charge in [0.15, 0.2) is 0 Å². The third-order valence-electron chi connectivity index (χ3n) is 4.50. The molecule has 0 aromatic rings. The summed E-state index contributed by atoms with van der Waals surface area (Å²) in [6.45, 7) is 2.20. The van der Waals surface area contributed by atoms with Crippen molar-refractivity contribution in [3.8, 4) is 0 Å². The van der Waals surface area contributed by atoms with Crippen LogP contribution in [-0.4, -0.2) is 25.3 Å². The molecule has 0 aromatic heterocycles. The highest BCUT2D eigenvalue weighted by atomic mass is 16.6. The van der Waals surface area contributed by atoms with Gasteiger partial charge in [-0.2, -0.15) is 0 Å². The number of unbranched alkanes of at least 4 members (excludes halogenated alkanes) is 6. The van der Waals surface area contributed by atoms with Crippen LogP contribution < -0.4 is 0 Å². The zero-order valence-electron chi connectivity index (χ0n) is 15.7. The molecule has 0 amide bonds. The Kier molecular flexibility index (Phi) is 12.5. The van der Waals surface area contributed by atoms with Gasteiger partial charge >= 0.3 is 5.97 Å². The Morgan fingerprint density at radius 2 is 1.42 bits per heavy atom. The summed E-state index contributed by atoms with van der Waals surface area (Å²) in [5.74, 6) is -0.110. The third-order valence-corrected chi connectivity index (χ3v) is 4.50. The zero-order valence-corrected chi connectivity index (χ0v) is 15.7. The second-order valence-corrected chi connectivity index (χ2v) is 6.60. The summed E-state index contributed by atoms with van der Waals surface area (Å²) in [4.78, 5) is 10.9. The van der Waals surface area contributed by atoms with E-state index in [2.05, 4.69) is 36.0 Å². The van der Waals surface area contributed by atoms with Crippen molar-refractivity contribution in [2.75, 3.05) is 7.11 Å². The number of carbonyl (C=O) groups is 1. The van der Waals surface area contributed by atoms with Crippen molar-refractivity contribution in [1.82, 2.24) is 0 Å². The minimum atomic E-state index is -0.110. The Balaban J connectivity index is 1.77. The molecule has 24 heavy (non-hydrogen) atoms. The van der Waals surface area contributed by atoms with Crippen LogP contribution in [0.25, 0.3) is 0 Å². The molecule has 3 nitrogen and oxygen atoms in total. The molecule has 2 atom stereocenters. The first-order chi connectivity index (χ1) is 11.8. The summed E-state index contributed by atoms with van der Waals surface area (Å²) in [6, 6.07) is 0. The van der Waals surface area contributed by atoms with Crippen LogP contribution in [0.1, 0.15) is 84.0 Å². The normalized spacial score (nSPS) is 20.1. The topological polar surface area (TPSA) is 38.8 Å². The standard InChI is InChI=1S/C21H36O3/c1-3-19-20(24-19)17-15-13-11-9-7-5-4-6-8-10-12-14-16-18-21(22)23-2/h7,9-10,12,19-20H,3-6,8,11,13-18H2,1-2H3/b9-7-,12-10-/t19-,20+/m1/s1. The first-order valence-corrected chi connectivity index (χ1v) is 9.80. The molecule has 1 heterocycles. The number of ether oxygens (including phenoxy) is 2. The molecule has 0 aromatic carbocycles. The second-order valence-electron chi connectivity index (χ2n) is 6.60. The lowest BCUT2D eigenvalue weighted by Crippen LogP contribution is -1.98. The van der Waals surface area contributed by atoms with Gasteiger partial charge in [0.25, 0.3) is 0 Å². The fourth-order valence-electron chi connectivity index (χ4n) is 2.86. The monoisotopic (exact) mass is 336 g/mol. The second kappa shape index (κ2) is 14.3. The van der Waals surface area contributed by atoms with Crippen LogP contribution in [0.5, 0.6) is 0 Å². The number of allylic oxidation sites excluding steroid dienone is 4. The van der Waals surface area contributed by atoms with Crippen LogP contribution in [0.3, 0.4) is 0 Å². The maximum atomic E-state index is 10.9. The minimum Gasteiger partial charge on any atom is -0.469 e. The van der Waals surface area contributed by atoms with E-state index in [0.717, 1.165) is 19.3 Å². The molecule has 0 saturated carbocycles. The van der Waals surface area contributed by atoms with E-state index in [-0.39, 0.29) is 5.97 Å². The van der Waals surface area contributed by atoms with Gasteiger partial charge in [-0.25, -0.2) is 0 Å². The van der Waals surface area contributed by atoms with Crippen molar-refractivity contribution in [2.45, 2.75) is 96.2 Å². The molecule has 138 valence electrons. The Hall–Kier alpha value is -1.09. The first kappa shape index (κ1) is 21.0. The van der Waals surface area contributed by atoms with Gasteiger partial charge in [0.2, 0.25) is 0 Å². The van der Waals surface area contributed by atoms with Crippen LogP contribution in [-0.2, 0) is 14.3 Å². The highest BCUT2D eigenvalue weighted by Crippen LogP contribution is 2.29. The first-order valence-electron chi connectivity index (χ1n) is 9.80. The number of esters is 1. The van der Waals surface area contributed by atoms with Gasteiger partial charge in [-0.3, -0.25) is 4.79 Å². The molecular formula is C21H36O3. The van der Waals surface area contributed by atoms with Gasteiger partial charge in [0, 0.05) is 6.42 Å². The van der Waals surface area contributed by atoms with Crippen molar-refractivity contribution in [3.05, 3.63) is 24.3 Å². The van der Waals surface area contributed by atoms with Crippen molar-refractivity contribution < 1.29 is 14.3 Å². The Morgan fingerprint density at radius 1 is 0.875 bits per heavy atom. The van der Waals surface area contributed by atoms with Gasteiger partial charge in [-0.1, -0.05) is 37.6 Å². The van der Waals surface area contributed by atoms with E-state index in [0.29, 0.717) is 18.6 Å². The lowest BCUT2D eigenvalue weighted by Gasteiger charge is -1.97. The number of hydrogen-bond donors (Lipinski definition) is 0. The molecule has 0 radical (unpaired) electrons. The zero-order chi connectivity index (χ0) is 17.5. The molecule has 0 unspecified atom stereocenters. The quantitative estimate of drug-likeness (QED) is 0.166. The Bertz CT molecular complexity index is 373. The average molecular weight is 337 g/mol. The number of epoxide rings is 1. The van der Waals surface area contributed by atoms with Gasteiger partial charge in [-0.15, -0.1) is 0 Å². The molecule has 3 heteroatoms. The Labute approximate surface area is 148 Å². The molecule has 1 saturated heterocycles. The summed E-state index contributed by atoms with van der Waals surface area (Å²) in [5, 5.41) is 0. The molecule has 0 aliphatic carbocycles. The smallest absolute Gasteiger partial charge is 0.305 e. The average Bonchev–Trinajstić information content (AvgIpc) is 3.36. The lowest BCUT2D eigenvalue weighted by atomic mass is 10.1. The van der Waals surface area contributed by atoms with Crippen LogP contribution in [0.2, 0.25) is 0 Å². The number of carbonyl (C=O) groups excluding carboxylic acids is 1.